The fourth-order valence-corrected chi connectivity index (χ4v) is 6.00. The molecule has 0 aliphatic carbocycles. The molecule has 2 aromatic rings. The van der Waals surface area contributed by atoms with Gasteiger partial charge in [0.2, 0.25) is 5.91 Å². The Morgan fingerprint density at radius 2 is 1.79 bits per heavy atom. The van der Waals surface area contributed by atoms with Crippen LogP contribution in [-0.4, -0.2) is 42.8 Å². The molecule has 0 saturated carbocycles. The van der Waals surface area contributed by atoms with Crippen molar-refractivity contribution in [2.24, 2.45) is 0 Å². The molecule has 1 fully saturated rings. The highest BCUT2D eigenvalue weighted by molar-refractivity contribution is 7.99. The van der Waals surface area contributed by atoms with Crippen molar-refractivity contribution in [1.82, 2.24) is 4.90 Å². The minimum Gasteiger partial charge on any atom is -0.338 e. The average molecular weight is 418 g/mol. The molecule has 1 amide bonds. The molecular weight excluding hydrogens is 390 g/mol. The Bertz CT molecular complexity index is 893. The zero-order valence-corrected chi connectivity index (χ0v) is 18.0. The first kappa shape index (κ1) is 20.9. The molecule has 1 heterocycles. The number of amides is 1. The Balaban J connectivity index is 1.64. The Hall–Kier alpha value is -1.79. The zero-order valence-electron chi connectivity index (χ0n) is 16.4. The Morgan fingerprint density at radius 3 is 2.43 bits per heavy atom. The number of carbonyl (C=O) groups excluding carboxylic acids is 1. The number of likely N-dealkylation sites (tertiary alicyclic amines) is 1. The molecule has 4 nitrogen and oxygen atoms in total. The first-order chi connectivity index (χ1) is 13.3. The monoisotopic (exact) mass is 417 g/mol. The fourth-order valence-electron chi connectivity index (χ4n) is 3.55. The minimum atomic E-state index is -3.40. The number of benzene rings is 2. The lowest BCUT2D eigenvalue weighted by Crippen LogP contribution is -2.40. The lowest BCUT2D eigenvalue weighted by atomic mass is 10.1. The van der Waals surface area contributed by atoms with Crippen LogP contribution in [0.3, 0.4) is 0 Å². The molecule has 1 unspecified atom stereocenters. The normalized spacial score (nSPS) is 17.2. The van der Waals surface area contributed by atoms with Crippen LogP contribution in [-0.2, 0) is 21.1 Å². The summed E-state index contributed by atoms with van der Waals surface area (Å²) in [6.45, 7) is 4.94. The maximum atomic E-state index is 12.8. The summed E-state index contributed by atoms with van der Waals surface area (Å²) in [5, 5.41) is 0.518. The quantitative estimate of drug-likeness (QED) is 0.634. The van der Waals surface area contributed by atoms with Crippen LogP contribution in [0.15, 0.2) is 64.4 Å². The van der Waals surface area contributed by atoms with Crippen molar-refractivity contribution in [2.45, 2.75) is 54.2 Å². The average Bonchev–Trinajstić information content (AvgIpc) is 3.11. The van der Waals surface area contributed by atoms with E-state index in [4.69, 9.17) is 0 Å². The maximum Gasteiger partial charge on any atom is 0.227 e. The number of thioether (sulfide) groups is 1. The Labute approximate surface area is 172 Å². The molecule has 2 aromatic carbocycles. The Morgan fingerprint density at radius 1 is 1.11 bits per heavy atom. The van der Waals surface area contributed by atoms with Crippen molar-refractivity contribution in [1.29, 1.82) is 0 Å². The van der Waals surface area contributed by atoms with E-state index in [2.05, 4.69) is 26.0 Å². The summed E-state index contributed by atoms with van der Waals surface area (Å²) in [5.74, 6) is 0.00206. The van der Waals surface area contributed by atoms with Crippen molar-refractivity contribution < 1.29 is 13.2 Å². The Kier molecular flexibility index (Phi) is 6.83. The van der Waals surface area contributed by atoms with Gasteiger partial charge in [-0.3, -0.25) is 4.79 Å². The SMILES string of the molecule is CC(C)Sc1ccc(CC(=O)N2CCCC2CS(=O)(=O)c2ccccc2)cc1. The van der Waals surface area contributed by atoms with Crippen LogP contribution in [0, 0.1) is 0 Å². The van der Waals surface area contributed by atoms with Crippen LogP contribution >= 0.6 is 11.8 Å². The second-order valence-electron chi connectivity index (χ2n) is 7.46. The topological polar surface area (TPSA) is 54.5 Å². The molecule has 6 heteroatoms. The van der Waals surface area contributed by atoms with E-state index >= 15 is 0 Å². The summed E-state index contributed by atoms with van der Waals surface area (Å²) in [4.78, 5) is 16.1. The van der Waals surface area contributed by atoms with Gasteiger partial charge in [0, 0.05) is 22.7 Å². The van der Waals surface area contributed by atoms with Crippen LogP contribution in [0.4, 0.5) is 0 Å². The molecule has 1 aliphatic heterocycles. The second kappa shape index (κ2) is 9.14. The van der Waals surface area contributed by atoms with Gasteiger partial charge in [-0.1, -0.05) is 44.2 Å². The highest BCUT2D eigenvalue weighted by atomic mass is 32.2. The summed E-state index contributed by atoms with van der Waals surface area (Å²) in [6.07, 6.45) is 1.90. The van der Waals surface area contributed by atoms with Gasteiger partial charge in [-0.25, -0.2) is 8.42 Å². The molecule has 0 spiro atoms. The summed E-state index contributed by atoms with van der Waals surface area (Å²) >= 11 is 1.79. The van der Waals surface area contributed by atoms with Crippen LogP contribution in [0.5, 0.6) is 0 Å². The van der Waals surface area contributed by atoms with E-state index in [1.807, 2.05) is 12.1 Å². The van der Waals surface area contributed by atoms with Crippen LogP contribution in [0.25, 0.3) is 0 Å². The lowest BCUT2D eigenvalue weighted by molar-refractivity contribution is -0.130. The predicted molar refractivity (Wildman–Crippen MR) is 114 cm³/mol. The standard InChI is InChI=1S/C22H27NO3S2/c1-17(2)27-20-12-10-18(11-13-20)15-22(24)23-14-6-7-19(23)16-28(25,26)21-8-4-3-5-9-21/h3-5,8-13,17,19H,6-7,14-16H2,1-2H3. The van der Waals surface area contributed by atoms with Gasteiger partial charge in [0.25, 0.3) is 0 Å². The maximum absolute atomic E-state index is 12.8. The van der Waals surface area contributed by atoms with Crippen LogP contribution in [0.2, 0.25) is 0 Å². The minimum absolute atomic E-state index is 0.00722. The first-order valence-electron chi connectivity index (χ1n) is 9.68. The smallest absolute Gasteiger partial charge is 0.227 e. The van der Waals surface area contributed by atoms with E-state index in [1.54, 1.807) is 47.0 Å². The molecule has 0 bridgehead atoms. The zero-order chi connectivity index (χ0) is 20.1. The van der Waals surface area contributed by atoms with Gasteiger partial charge >= 0.3 is 0 Å². The van der Waals surface area contributed by atoms with Gasteiger partial charge in [-0.2, -0.15) is 0 Å². The molecule has 0 radical (unpaired) electrons. The third kappa shape index (κ3) is 5.39. The van der Waals surface area contributed by atoms with Gasteiger partial charge in [0.15, 0.2) is 9.84 Å². The van der Waals surface area contributed by atoms with Gasteiger partial charge in [-0.05, 0) is 42.7 Å². The van der Waals surface area contributed by atoms with Crippen molar-refractivity contribution >= 4 is 27.5 Å². The van der Waals surface area contributed by atoms with Gasteiger partial charge in [0.05, 0.1) is 17.1 Å². The van der Waals surface area contributed by atoms with Crippen molar-refractivity contribution in [3.63, 3.8) is 0 Å². The molecule has 150 valence electrons. The molecule has 28 heavy (non-hydrogen) atoms. The molecule has 1 aliphatic rings. The molecule has 0 aromatic heterocycles. The summed E-state index contributed by atoms with van der Waals surface area (Å²) in [5.41, 5.74) is 0.967. The van der Waals surface area contributed by atoms with Crippen molar-refractivity contribution in [2.75, 3.05) is 12.3 Å². The number of sulfone groups is 1. The molecule has 3 rings (SSSR count). The van der Waals surface area contributed by atoms with Crippen LogP contribution < -0.4 is 0 Å². The van der Waals surface area contributed by atoms with Crippen LogP contribution in [0.1, 0.15) is 32.3 Å². The summed E-state index contributed by atoms with van der Waals surface area (Å²) in [6, 6.07) is 16.3. The van der Waals surface area contributed by atoms with E-state index in [1.165, 1.54) is 4.90 Å². The van der Waals surface area contributed by atoms with Crippen molar-refractivity contribution in [3.05, 3.63) is 60.2 Å². The number of hydrogen-bond acceptors (Lipinski definition) is 4. The molecule has 1 atom stereocenters. The van der Waals surface area contributed by atoms with Gasteiger partial charge in [0.1, 0.15) is 0 Å². The molecule has 0 N–H and O–H groups in total. The van der Waals surface area contributed by atoms with E-state index in [9.17, 15) is 13.2 Å². The predicted octanol–water partition coefficient (Wildman–Crippen LogP) is 4.19. The third-order valence-corrected chi connectivity index (χ3v) is 7.69. The van der Waals surface area contributed by atoms with E-state index in [-0.39, 0.29) is 17.7 Å². The number of hydrogen-bond donors (Lipinski definition) is 0. The number of nitrogens with zero attached hydrogens (tertiary/aromatic N) is 1. The summed E-state index contributed by atoms with van der Waals surface area (Å²) < 4.78 is 25.4. The summed E-state index contributed by atoms with van der Waals surface area (Å²) in [7, 11) is -3.40. The number of carbonyl (C=O) groups is 1. The fraction of sp³-hybridized carbons (Fsp3) is 0.409. The highest BCUT2D eigenvalue weighted by Gasteiger charge is 2.32. The van der Waals surface area contributed by atoms with Crippen molar-refractivity contribution in [3.8, 4) is 0 Å². The van der Waals surface area contributed by atoms with E-state index in [0.29, 0.717) is 23.1 Å². The first-order valence-corrected chi connectivity index (χ1v) is 12.2. The van der Waals surface area contributed by atoms with E-state index < -0.39 is 9.84 Å². The highest BCUT2D eigenvalue weighted by Crippen LogP contribution is 2.25. The van der Waals surface area contributed by atoms with E-state index in [0.717, 1.165) is 18.4 Å². The van der Waals surface area contributed by atoms with Gasteiger partial charge in [-0.15, -0.1) is 11.8 Å². The molecular formula is C22H27NO3S2. The number of rotatable bonds is 7. The lowest BCUT2D eigenvalue weighted by Gasteiger charge is -2.25. The third-order valence-electron chi connectivity index (χ3n) is 4.86. The van der Waals surface area contributed by atoms with Gasteiger partial charge < -0.3 is 4.90 Å². The second-order valence-corrected chi connectivity index (χ2v) is 11.1. The largest absolute Gasteiger partial charge is 0.338 e. The molecule has 1 saturated heterocycles.